The van der Waals surface area contributed by atoms with Gasteiger partial charge in [-0.25, -0.2) is 0 Å². The van der Waals surface area contributed by atoms with Crippen LogP contribution in [0.2, 0.25) is 0 Å². The summed E-state index contributed by atoms with van der Waals surface area (Å²) in [7, 11) is 0. The highest BCUT2D eigenvalue weighted by atomic mass is 15.3. The van der Waals surface area contributed by atoms with Crippen LogP contribution in [0.1, 0.15) is 11.1 Å². The van der Waals surface area contributed by atoms with Crippen LogP contribution >= 0.6 is 0 Å². The van der Waals surface area contributed by atoms with Gasteiger partial charge in [0.2, 0.25) is 0 Å². The molecule has 116 valence electrons. The van der Waals surface area contributed by atoms with E-state index in [0.717, 1.165) is 0 Å². The summed E-state index contributed by atoms with van der Waals surface area (Å²) in [6.45, 7) is 2.67. The molecule has 0 amide bonds. The zero-order valence-electron chi connectivity index (χ0n) is 13.1. The first-order chi connectivity index (χ1) is 11.3. The molecule has 4 nitrogen and oxygen atoms in total. The highest BCUT2D eigenvalue weighted by Crippen LogP contribution is 2.08. The van der Waals surface area contributed by atoms with E-state index in [9.17, 15) is 0 Å². The summed E-state index contributed by atoms with van der Waals surface area (Å²) in [6, 6.07) is 24.6. The quantitative estimate of drug-likeness (QED) is 0.556. The van der Waals surface area contributed by atoms with Crippen LogP contribution in [0, 0.1) is 22.7 Å². The molecular formula is C19H20N4. The van der Waals surface area contributed by atoms with Crippen LogP contribution in [0.3, 0.4) is 0 Å². The van der Waals surface area contributed by atoms with E-state index in [2.05, 4.69) is 46.2 Å². The lowest BCUT2D eigenvalue weighted by molar-refractivity contribution is 0.144. The molecule has 2 aromatic rings. The summed E-state index contributed by atoms with van der Waals surface area (Å²) < 4.78 is 0. The number of benzene rings is 2. The van der Waals surface area contributed by atoms with Gasteiger partial charge in [0, 0.05) is 13.1 Å². The van der Waals surface area contributed by atoms with Gasteiger partial charge in [-0.05, 0) is 11.1 Å². The Morgan fingerprint density at radius 2 is 1.04 bits per heavy atom. The molecule has 2 aromatic carbocycles. The van der Waals surface area contributed by atoms with Crippen molar-refractivity contribution in [2.75, 3.05) is 19.8 Å². The van der Waals surface area contributed by atoms with E-state index in [-0.39, 0.29) is 0 Å². The summed E-state index contributed by atoms with van der Waals surface area (Å²) >= 11 is 0. The lowest BCUT2D eigenvalue weighted by Crippen LogP contribution is -2.37. The predicted octanol–water partition coefficient (Wildman–Crippen LogP) is 3.00. The molecule has 0 saturated carbocycles. The van der Waals surface area contributed by atoms with E-state index in [1.54, 1.807) is 0 Å². The SMILES string of the molecule is N#CCN(Cc1ccccc1)CN(CC#N)Cc1ccccc1. The topological polar surface area (TPSA) is 54.1 Å². The number of nitrogens with zero attached hydrogens (tertiary/aromatic N) is 4. The molecule has 0 bridgehead atoms. The Labute approximate surface area is 137 Å². The number of nitriles is 2. The van der Waals surface area contributed by atoms with Crippen LogP contribution in [-0.2, 0) is 13.1 Å². The summed E-state index contributed by atoms with van der Waals surface area (Å²) in [6.07, 6.45) is 0. The van der Waals surface area contributed by atoms with E-state index in [4.69, 9.17) is 10.5 Å². The maximum atomic E-state index is 9.07. The van der Waals surface area contributed by atoms with Gasteiger partial charge in [0.15, 0.2) is 0 Å². The van der Waals surface area contributed by atoms with Gasteiger partial charge in [0.25, 0.3) is 0 Å². The average molecular weight is 304 g/mol. The normalized spacial score (nSPS) is 10.4. The third kappa shape index (κ3) is 5.92. The minimum absolute atomic E-state index is 0.339. The van der Waals surface area contributed by atoms with Gasteiger partial charge in [-0.2, -0.15) is 10.5 Å². The van der Waals surface area contributed by atoms with Gasteiger partial charge < -0.3 is 0 Å². The van der Waals surface area contributed by atoms with Crippen molar-refractivity contribution >= 4 is 0 Å². The molecule has 2 rings (SSSR count). The van der Waals surface area contributed by atoms with Crippen LogP contribution in [0.25, 0.3) is 0 Å². The minimum atomic E-state index is 0.339. The zero-order valence-corrected chi connectivity index (χ0v) is 13.1. The number of hydrogen-bond donors (Lipinski definition) is 0. The van der Waals surface area contributed by atoms with Crippen LogP contribution < -0.4 is 0 Å². The smallest absolute Gasteiger partial charge is 0.0879 e. The fourth-order valence-corrected chi connectivity index (χ4v) is 2.48. The van der Waals surface area contributed by atoms with Crippen molar-refractivity contribution in [1.82, 2.24) is 9.80 Å². The highest BCUT2D eigenvalue weighted by Gasteiger charge is 2.12. The fraction of sp³-hybridized carbons (Fsp3) is 0.263. The summed E-state index contributed by atoms with van der Waals surface area (Å²) in [5, 5.41) is 18.1. The molecule has 0 atom stereocenters. The van der Waals surface area contributed by atoms with Crippen molar-refractivity contribution in [2.24, 2.45) is 0 Å². The largest absolute Gasteiger partial charge is 0.273 e. The first-order valence-corrected chi connectivity index (χ1v) is 7.58. The zero-order chi connectivity index (χ0) is 16.3. The Hall–Kier alpha value is -2.66. The minimum Gasteiger partial charge on any atom is -0.273 e. The fourth-order valence-electron chi connectivity index (χ4n) is 2.48. The molecule has 0 aliphatic rings. The molecule has 0 heterocycles. The van der Waals surface area contributed by atoms with Crippen molar-refractivity contribution < 1.29 is 0 Å². The average Bonchev–Trinajstić information content (AvgIpc) is 2.57. The molecule has 0 aliphatic carbocycles. The molecule has 0 saturated heterocycles. The second kappa shape index (κ2) is 9.38. The molecule has 0 unspecified atom stereocenters. The monoisotopic (exact) mass is 304 g/mol. The van der Waals surface area contributed by atoms with Gasteiger partial charge in [-0.15, -0.1) is 0 Å². The van der Waals surface area contributed by atoms with Gasteiger partial charge in [-0.1, -0.05) is 60.7 Å². The molecule has 0 fully saturated rings. The number of rotatable bonds is 8. The molecule has 0 radical (unpaired) electrons. The molecule has 0 aliphatic heterocycles. The van der Waals surface area contributed by atoms with Crippen molar-refractivity contribution in [3.05, 3.63) is 71.8 Å². The first kappa shape index (κ1) is 16.7. The van der Waals surface area contributed by atoms with Crippen LogP contribution in [0.15, 0.2) is 60.7 Å². The molecule has 0 N–H and O–H groups in total. The predicted molar refractivity (Wildman–Crippen MR) is 89.8 cm³/mol. The van der Waals surface area contributed by atoms with Crippen molar-refractivity contribution in [2.45, 2.75) is 13.1 Å². The van der Waals surface area contributed by atoms with E-state index in [0.29, 0.717) is 32.8 Å². The second-order valence-electron chi connectivity index (χ2n) is 5.40. The Morgan fingerprint density at radius 1 is 0.652 bits per heavy atom. The van der Waals surface area contributed by atoms with Gasteiger partial charge in [0.1, 0.15) is 0 Å². The maximum Gasteiger partial charge on any atom is 0.0879 e. The van der Waals surface area contributed by atoms with E-state index in [1.165, 1.54) is 11.1 Å². The lowest BCUT2D eigenvalue weighted by atomic mass is 10.2. The third-order valence-electron chi connectivity index (χ3n) is 3.49. The Kier molecular flexibility index (Phi) is 6.81. The molecule has 23 heavy (non-hydrogen) atoms. The Bertz CT molecular complexity index is 596. The molecule has 0 spiro atoms. The van der Waals surface area contributed by atoms with Gasteiger partial charge >= 0.3 is 0 Å². The van der Waals surface area contributed by atoms with Crippen molar-refractivity contribution in [1.29, 1.82) is 10.5 Å². The van der Waals surface area contributed by atoms with E-state index < -0.39 is 0 Å². The van der Waals surface area contributed by atoms with Crippen LogP contribution in [0.5, 0.6) is 0 Å². The standard InChI is InChI=1S/C19H20N4/c20-11-13-22(15-18-7-3-1-4-8-18)17-23(14-12-21)16-19-9-5-2-6-10-19/h1-10H,13-17H2. The Balaban J connectivity index is 2.02. The lowest BCUT2D eigenvalue weighted by Gasteiger charge is -2.27. The first-order valence-electron chi connectivity index (χ1n) is 7.58. The highest BCUT2D eigenvalue weighted by molar-refractivity contribution is 5.15. The van der Waals surface area contributed by atoms with Gasteiger partial charge in [-0.3, -0.25) is 9.80 Å². The summed E-state index contributed by atoms with van der Waals surface area (Å²) in [5.41, 5.74) is 2.33. The second-order valence-corrected chi connectivity index (χ2v) is 5.40. The molecular weight excluding hydrogens is 284 g/mol. The Morgan fingerprint density at radius 3 is 1.39 bits per heavy atom. The van der Waals surface area contributed by atoms with Crippen molar-refractivity contribution in [3.63, 3.8) is 0 Å². The maximum absolute atomic E-state index is 9.07. The summed E-state index contributed by atoms with van der Waals surface area (Å²) in [5.74, 6) is 0. The molecule has 4 heteroatoms. The van der Waals surface area contributed by atoms with Crippen LogP contribution in [-0.4, -0.2) is 29.6 Å². The van der Waals surface area contributed by atoms with Crippen LogP contribution in [0.4, 0.5) is 0 Å². The third-order valence-corrected chi connectivity index (χ3v) is 3.49. The van der Waals surface area contributed by atoms with Gasteiger partial charge in [0.05, 0.1) is 31.9 Å². The van der Waals surface area contributed by atoms with E-state index in [1.807, 2.05) is 36.4 Å². The number of hydrogen-bond acceptors (Lipinski definition) is 4. The molecule has 0 aromatic heterocycles. The van der Waals surface area contributed by atoms with E-state index >= 15 is 0 Å². The van der Waals surface area contributed by atoms with Crippen molar-refractivity contribution in [3.8, 4) is 12.1 Å². The summed E-state index contributed by atoms with van der Waals surface area (Å²) in [4.78, 5) is 4.10.